The number of benzene rings is 2. The van der Waals surface area contributed by atoms with Crippen molar-refractivity contribution in [1.82, 2.24) is 10.2 Å². The zero-order chi connectivity index (χ0) is 22.9. The van der Waals surface area contributed by atoms with Crippen LogP contribution < -0.4 is 5.32 Å². The first-order valence-electron chi connectivity index (χ1n) is 11.6. The summed E-state index contributed by atoms with van der Waals surface area (Å²) in [7, 11) is 0. The highest BCUT2D eigenvalue weighted by Gasteiger charge is 2.39. The SMILES string of the molecule is O=C(O)CC1CN(C(=O)[C@H](CC2CC2)NC(=O)OCC2c3ccccc3-c3ccccc32)C1. The Kier molecular flexibility index (Phi) is 5.79. The van der Waals surface area contributed by atoms with Crippen molar-refractivity contribution in [3.8, 4) is 11.1 Å². The second kappa shape index (κ2) is 8.89. The highest BCUT2D eigenvalue weighted by molar-refractivity contribution is 5.86. The van der Waals surface area contributed by atoms with E-state index in [9.17, 15) is 14.4 Å². The fourth-order valence-electron chi connectivity index (χ4n) is 5.04. The lowest BCUT2D eigenvalue weighted by Gasteiger charge is -2.40. The van der Waals surface area contributed by atoms with E-state index in [0.29, 0.717) is 25.4 Å². The molecule has 2 aromatic rings. The van der Waals surface area contributed by atoms with Crippen LogP contribution in [0.2, 0.25) is 0 Å². The summed E-state index contributed by atoms with van der Waals surface area (Å²) in [5, 5.41) is 11.7. The van der Waals surface area contributed by atoms with Gasteiger partial charge in [-0.2, -0.15) is 0 Å². The van der Waals surface area contributed by atoms with Crippen LogP contribution in [0.4, 0.5) is 4.79 Å². The molecule has 2 N–H and O–H groups in total. The normalized spacial score (nSPS) is 18.1. The van der Waals surface area contributed by atoms with Crippen LogP contribution >= 0.6 is 0 Å². The van der Waals surface area contributed by atoms with Gasteiger partial charge in [0.2, 0.25) is 5.91 Å². The lowest BCUT2D eigenvalue weighted by molar-refractivity contribution is -0.146. The summed E-state index contributed by atoms with van der Waals surface area (Å²) in [6.45, 7) is 1.06. The Balaban J connectivity index is 1.20. The first-order chi connectivity index (χ1) is 16.0. The molecule has 2 fully saturated rings. The maximum absolute atomic E-state index is 13.0. The molecule has 5 rings (SSSR count). The molecule has 172 valence electrons. The minimum absolute atomic E-state index is 0.0116. The quantitative estimate of drug-likeness (QED) is 0.643. The van der Waals surface area contributed by atoms with Crippen molar-refractivity contribution in [3.05, 3.63) is 59.7 Å². The Bertz CT molecular complexity index is 1030. The van der Waals surface area contributed by atoms with E-state index in [0.717, 1.165) is 35.1 Å². The van der Waals surface area contributed by atoms with Crippen molar-refractivity contribution in [1.29, 1.82) is 0 Å². The monoisotopic (exact) mass is 448 g/mol. The number of nitrogens with one attached hydrogen (secondary N) is 1. The third kappa shape index (κ3) is 4.58. The number of carboxylic acids is 1. The summed E-state index contributed by atoms with van der Waals surface area (Å²) < 4.78 is 5.63. The number of hydrogen-bond acceptors (Lipinski definition) is 4. The first kappa shape index (κ1) is 21.5. The minimum Gasteiger partial charge on any atom is -0.481 e. The highest BCUT2D eigenvalue weighted by atomic mass is 16.5. The van der Waals surface area contributed by atoms with Crippen LogP contribution in [0, 0.1) is 11.8 Å². The molecule has 7 heteroatoms. The molecule has 2 amide bonds. The number of rotatable bonds is 8. The van der Waals surface area contributed by atoms with E-state index in [1.54, 1.807) is 4.90 Å². The third-order valence-electron chi connectivity index (χ3n) is 6.93. The van der Waals surface area contributed by atoms with Crippen LogP contribution in [0.3, 0.4) is 0 Å². The molecule has 2 aromatic carbocycles. The first-order valence-corrected chi connectivity index (χ1v) is 11.6. The zero-order valence-electron chi connectivity index (χ0n) is 18.4. The van der Waals surface area contributed by atoms with Crippen molar-refractivity contribution in [2.24, 2.45) is 11.8 Å². The van der Waals surface area contributed by atoms with Crippen LogP contribution in [0.1, 0.15) is 42.7 Å². The van der Waals surface area contributed by atoms with Gasteiger partial charge in [0.15, 0.2) is 0 Å². The molecule has 0 radical (unpaired) electrons. The van der Waals surface area contributed by atoms with Gasteiger partial charge >= 0.3 is 12.1 Å². The van der Waals surface area contributed by atoms with Gasteiger partial charge in [-0.25, -0.2) is 4.79 Å². The Morgan fingerprint density at radius 3 is 2.15 bits per heavy atom. The summed E-state index contributed by atoms with van der Waals surface area (Å²) in [5.41, 5.74) is 4.61. The molecule has 3 aliphatic rings. The van der Waals surface area contributed by atoms with Gasteiger partial charge in [0.05, 0.1) is 6.42 Å². The summed E-state index contributed by atoms with van der Waals surface area (Å²) >= 11 is 0. The maximum Gasteiger partial charge on any atom is 0.407 e. The Labute approximate surface area is 192 Å². The number of carbonyl (C=O) groups excluding carboxylic acids is 2. The van der Waals surface area contributed by atoms with E-state index < -0.39 is 18.1 Å². The molecule has 1 saturated heterocycles. The zero-order valence-corrected chi connectivity index (χ0v) is 18.4. The standard InChI is InChI=1S/C26H28N2O5/c29-24(30)12-17-13-28(14-17)25(31)23(11-16-9-10-16)27-26(32)33-15-22-20-7-3-1-5-18(20)19-6-2-4-8-21(19)22/h1-8,16-17,22-23H,9-15H2,(H,27,32)(H,29,30)/t23-/m0/s1. The topological polar surface area (TPSA) is 95.9 Å². The number of likely N-dealkylation sites (tertiary alicyclic amines) is 1. The smallest absolute Gasteiger partial charge is 0.407 e. The number of nitrogens with zero attached hydrogens (tertiary/aromatic N) is 1. The van der Waals surface area contributed by atoms with E-state index in [2.05, 4.69) is 29.6 Å². The average Bonchev–Trinajstić information content (AvgIpc) is 3.54. The highest BCUT2D eigenvalue weighted by Crippen LogP contribution is 2.44. The Morgan fingerprint density at radius 1 is 0.970 bits per heavy atom. The van der Waals surface area contributed by atoms with Crippen LogP contribution in [0.5, 0.6) is 0 Å². The van der Waals surface area contributed by atoms with Crippen molar-refractivity contribution in [2.45, 2.75) is 37.6 Å². The molecule has 0 bridgehead atoms. The largest absolute Gasteiger partial charge is 0.481 e. The molecule has 1 saturated carbocycles. The number of carboxylic acid groups (broad SMARTS) is 1. The van der Waals surface area contributed by atoms with Gasteiger partial charge in [-0.1, -0.05) is 61.4 Å². The summed E-state index contributed by atoms with van der Waals surface area (Å²) in [6, 6.07) is 15.7. The second-order valence-electron chi connectivity index (χ2n) is 9.41. The molecule has 0 spiro atoms. The van der Waals surface area contributed by atoms with E-state index >= 15 is 0 Å². The number of aliphatic carboxylic acids is 1. The van der Waals surface area contributed by atoms with E-state index in [1.807, 2.05) is 24.3 Å². The van der Waals surface area contributed by atoms with Crippen LogP contribution in [-0.4, -0.2) is 53.7 Å². The number of hydrogen-bond donors (Lipinski definition) is 2. The predicted octanol–water partition coefficient (Wildman–Crippen LogP) is 3.63. The Morgan fingerprint density at radius 2 is 1.58 bits per heavy atom. The maximum atomic E-state index is 13.0. The van der Waals surface area contributed by atoms with Gasteiger partial charge in [-0.15, -0.1) is 0 Å². The van der Waals surface area contributed by atoms with Gasteiger partial charge in [0.25, 0.3) is 0 Å². The van der Waals surface area contributed by atoms with Gasteiger partial charge in [0.1, 0.15) is 12.6 Å². The third-order valence-corrected chi connectivity index (χ3v) is 6.93. The Hall–Kier alpha value is -3.35. The summed E-state index contributed by atoms with van der Waals surface area (Å²) in [6.07, 6.45) is 2.22. The van der Waals surface area contributed by atoms with Crippen LogP contribution in [0.25, 0.3) is 11.1 Å². The van der Waals surface area contributed by atoms with Crippen LogP contribution in [-0.2, 0) is 14.3 Å². The second-order valence-corrected chi connectivity index (χ2v) is 9.41. The van der Waals surface area contributed by atoms with Crippen molar-refractivity contribution < 1.29 is 24.2 Å². The van der Waals surface area contributed by atoms with E-state index in [1.165, 1.54) is 0 Å². The van der Waals surface area contributed by atoms with Crippen molar-refractivity contribution in [3.63, 3.8) is 0 Å². The predicted molar refractivity (Wildman–Crippen MR) is 122 cm³/mol. The molecular formula is C26H28N2O5. The molecule has 1 aliphatic heterocycles. The van der Waals surface area contributed by atoms with Crippen molar-refractivity contribution >= 4 is 18.0 Å². The molecule has 1 heterocycles. The average molecular weight is 449 g/mol. The molecule has 0 aromatic heterocycles. The number of carbonyl (C=O) groups is 3. The van der Waals surface area contributed by atoms with Gasteiger partial charge in [-0.3, -0.25) is 9.59 Å². The fourth-order valence-corrected chi connectivity index (χ4v) is 5.04. The lowest BCUT2D eigenvalue weighted by Crippen LogP contribution is -2.57. The number of alkyl carbamates (subject to hydrolysis) is 1. The van der Waals surface area contributed by atoms with Gasteiger partial charge in [0, 0.05) is 24.9 Å². The van der Waals surface area contributed by atoms with Crippen molar-refractivity contribution in [2.75, 3.05) is 19.7 Å². The van der Waals surface area contributed by atoms with E-state index in [4.69, 9.17) is 9.84 Å². The minimum atomic E-state index is -0.849. The van der Waals surface area contributed by atoms with Gasteiger partial charge in [-0.05, 0) is 34.6 Å². The molecule has 2 aliphatic carbocycles. The number of ether oxygens (including phenoxy) is 1. The number of amides is 2. The van der Waals surface area contributed by atoms with Crippen LogP contribution in [0.15, 0.2) is 48.5 Å². The molecular weight excluding hydrogens is 420 g/mol. The fraction of sp³-hybridized carbons (Fsp3) is 0.423. The van der Waals surface area contributed by atoms with E-state index in [-0.39, 0.29) is 30.8 Å². The summed E-state index contributed by atoms with van der Waals surface area (Å²) in [4.78, 5) is 38.2. The molecule has 33 heavy (non-hydrogen) atoms. The number of fused-ring (bicyclic) bond motifs is 3. The molecule has 1 atom stereocenters. The van der Waals surface area contributed by atoms with Gasteiger partial charge < -0.3 is 20.1 Å². The summed E-state index contributed by atoms with van der Waals surface area (Å²) in [5.74, 6) is -0.588. The lowest BCUT2D eigenvalue weighted by atomic mass is 9.95. The molecule has 7 nitrogen and oxygen atoms in total. The molecule has 0 unspecified atom stereocenters.